The fourth-order valence-corrected chi connectivity index (χ4v) is 6.18. The summed E-state index contributed by atoms with van der Waals surface area (Å²) in [5.74, 6) is 0.246. The van der Waals surface area contributed by atoms with Gasteiger partial charge in [-0.05, 0) is 71.7 Å². The maximum atomic E-state index is 11.5. The van der Waals surface area contributed by atoms with Gasteiger partial charge >= 0.3 is 0 Å². The third-order valence-electron chi connectivity index (χ3n) is 8.92. The van der Waals surface area contributed by atoms with E-state index < -0.39 is 0 Å². The van der Waals surface area contributed by atoms with Crippen LogP contribution in [-0.4, -0.2) is 44.5 Å². The number of H-pyrrole nitrogens is 1. The van der Waals surface area contributed by atoms with Crippen LogP contribution in [0.1, 0.15) is 104 Å². The molecule has 0 fully saturated rings. The van der Waals surface area contributed by atoms with E-state index in [2.05, 4.69) is 96.6 Å². The molecule has 0 spiro atoms. The monoisotopic (exact) mass is 718 g/mol. The Morgan fingerprint density at radius 3 is 1.47 bits per heavy atom. The molecule has 1 aliphatic heterocycles. The summed E-state index contributed by atoms with van der Waals surface area (Å²) in [7, 11) is 3.73. The molecule has 0 saturated carbocycles. The van der Waals surface area contributed by atoms with Crippen molar-refractivity contribution in [2.24, 2.45) is 19.1 Å². The molecular formula is C45H60N5O3+. The Balaban J connectivity index is 0.000000387. The van der Waals surface area contributed by atoms with Gasteiger partial charge in [-0.25, -0.2) is 0 Å². The molecule has 0 unspecified atom stereocenters. The Labute approximate surface area is 317 Å². The summed E-state index contributed by atoms with van der Waals surface area (Å²) in [5.41, 5.74) is 15.1. The third-order valence-corrected chi connectivity index (χ3v) is 8.92. The molecule has 1 N–H and O–H groups in total. The van der Waals surface area contributed by atoms with Crippen LogP contribution in [-0.2, 0) is 18.9 Å². The van der Waals surface area contributed by atoms with Crippen LogP contribution in [0.15, 0.2) is 88.9 Å². The van der Waals surface area contributed by atoms with Crippen molar-refractivity contribution in [2.45, 2.75) is 84.6 Å². The highest BCUT2D eigenvalue weighted by molar-refractivity contribution is 6.18. The molecule has 2 aromatic heterocycles. The number of nitrogens with zero attached hydrogens (tertiary/aromatic N) is 4. The predicted molar refractivity (Wildman–Crippen MR) is 221 cm³/mol. The Morgan fingerprint density at radius 2 is 1.09 bits per heavy atom. The first-order chi connectivity index (χ1) is 23.6. The number of carbonyl (C=O) groups excluding carboxylic acids is 3. The van der Waals surface area contributed by atoms with E-state index in [0.29, 0.717) is 17.9 Å². The SMILES string of the molecule is C.C.C.CC(=O)C1=C(C)C(c2ccc(C)cc2)=NC1.CC(=O)c1[nH][n+](C)c(-c2ccc(C)cc2)c1C.CC(=O)c1c(C)c(-c2ccc(C)cc2)nn1C. The highest BCUT2D eigenvalue weighted by atomic mass is 16.1. The molecule has 6 rings (SSSR count). The lowest BCUT2D eigenvalue weighted by Crippen LogP contribution is -2.32. The first kappa shape index (κ1) is 45.5. The number of hydrogen-bond acceptors (Lipinski definition) is 5. The zero-order valence-electron chi connectivity index (χ0n) is 31.1. The lowest BCUT2D eigenvalue weighted by atomic mass is 9.99. The van der Waals surface area contributed by atoms with Crippen molar-refractivity contribution in [3.05, 3.63) is 129 Å². The second-order valence-electron chi connectivity index (χ2n) is 13.0. The number of benzene rings is 3. The molecule has 0 bridgehead atoms. The minimum absolute atomic E-state index is 0. The zero-order chi connectivity index (χ0) is 36.9. The van der Waals surface area contributed by atoms with Crippen molar-refractivity contribution >= 4 is 23.1 Å². The molecule has 282 valence electrons. The molecule has 0 atom stereocenters. The van der Waals surface area contributed by atoms with Crippen LogP contribution in [0.3, 0.4) is 0 Å². The van der Waals surface area contributed by atoms with Gasteiger partial charge in [0.15, 0.2) is 24.4 Å². The van der Waals surface area contributed by atoms with Gasteiger partial charge in [0.05, 0.1) is 23.5 Å². The molecule has 8 heteroatoms. The first-order valence-corrected chi connectivity index (χ1v) is 16.7. The molecule has 3 heterocycles. The molecule has 0 amide bonds. The van der Waals surface area contributed by atoms with Gasteiger partial charge in [0.1, 0.15) is 11.4 Å². The summed E-state index contributed by atoms with van der Waals surface area (Å²) < 4.78 is 3.56. The topological polar surface area (TPSA) is 101 Å². The Morgan fingerprint density at radius 1 is 0.642 bits per heavy atom. The molecule has 5 aromatic rings. The Hall–Kier alpha value is -5.50. The smallest absolute Gasteiger partial charge is 0.241 e. The van der Waals surface area contributed by atoms with E-state index in [1.54, 1.807) is 32.5 Å². The van der Waals surface area contributed by atoms with Crippen LogP contribution in [0.4, 0.5) is 0 Å². The van der Waals surface area contributed by atoms with Crippen LogP contribution in [0.2, 0.25) is 0 Å². The minimum Gasteiger partial charge on any atom is -0.295 e. The van der Waals surface area contributed by atoms with Crippen LogP contribution >= 0.6 is 0 Å². The first-order valence-electron chi connectivity index (χ1n) is 16.7. The molecule has 3 aromatic carbocycles. The van der Waals surface area contributed by atoms with E-state index >= 15 is 0 Å². The maximum Gasteiger partial charge on any atom is 0.241 e. The number of aromatic nitrogens is 4. The minimum atomic E-state index is 0. The van der Waals surface area contributed by atoms with Crippen LogP contribution in [0.5, 0.6) is 0 Å². The van der Waals surface area contributed by atoms with E-state index in [1.807, 2.05) is 44.6 Å². The number of allylic oxidation sites excluding steroid dienone is 1. The second-order valence-corrected chi connectivity index (χ2v) is 13.0. The van der Waals surface area contributed by atoms with Crippen molar-refractivity contribution in [1.82, 2.24) is 14.9 Å². The van der Waals surface area contributed by atoms with E-state index in [4.69, 9.17) is 0 Å². The van der Waals surface area contributed by atoms with Crippen molar-refractivity contribution < 1.29 is 19.1 Å². The van der Waals surface area contributed by atoms with Gasteiger partial charge in [0.25, 0.3) is 0 Å². The standard InChI is InChI=1S/2C14H16N2O.C14H15NO.3CH4/c1-9-5-7-12(8-6-9)13-10(2)14(11(3)17)16(4)15-13;1-9-5-7-12(8-6-9)14-10(2)13(11(3)17)15-16(14)4;1-9-4-6-12(7-5-9)14-10(2)13(8-15-14)11(3)16;;;/h2*5-8H,1-4H3;4-7H,8H2,1-3H3;3*1H4/p+1. The summed E-state index contributed by atoms with van der Waals surface area (Å²) in [4.78, 5) is 38.8. The number of carbonyl (C=O) groups is 3. The van der Waals surface area contributed by atoms with Crippen LogP contribution in [0.25, 0.3) is 22.5 Å². The molecule has 53 heavy (non-hydrogen) atoms. The average molecular weight is 719 g/mol. The number of nitrogens with one attached hydrogen (secondary N) is 1. The summed E-state index contributed by atoms with van der Waals surface area (Å²) >= 11 is 0. The second kappa shape index (κ2) is 19.4. The summed E-state index contributed by atoms with van der Waals surface area (Å²) in [6, 6.07) is 24.7. The normalized spacial score (nSPS) is 11.4. The van der Waals surface area contributed by atoms with E-state index in [9.17, 15) is 14.4 Å². The number of rotatable bonds is 6. The largest absolute Gasteiger partial charge is 0.295 e. The van der Waals surface area contributed by atoms with E-state index in [1.165, 1.54) is 16.7 Å². The van der Waals surface area contributed by atoms with Gasteiger partial charge < -0.3 is 0 Å². The highest BCUT2D eigenvalue weighted by Gasteiger charge is 2.23. The summed E-state index contributed by atoms with van der Waals surface area (Å²) in [5, 5.41) is 7.52. The number of aliphatic imine (C=N–C) groups is 1. The Kier molecular flexibility index (Phi) is 16.6. The van der Waals surface area contributed by atoms with E-state index in [-0.39, 0.29) is 39.6 Å². The van der Waals surface area contributed by atoms with Crippen molar-refractivity contribution in [3.8, 4) is 22.5 Å². The zero-order valence-corrected chi connectivity index (χ0v) is 31.1. The number of hydrogen-bond donors (Lipinski definition) is 1. The van der Waals surface area contributed by atoms with Gasteiger partial charge in [-0.1, -0.05) is 99.6 Å². The molecular weight excluding hydrogens is 659 g/mol. The van der Waals surface area contributed by atoms with Crippen LogP contribution in [0, 0.1) is 34.6 Å². The van der Waals surface area contributed by atoms with Crippen LogP contribution < -0.4 is 4.68 Å². The van der Waals surface area contributed by atoms with Crippen molar-refractivity contribution in [1.29, 1.82) is 0 Å². The van der Waals surface area contributed by atoms with Crippen molar-refractivity contribution in [3.63, 3.8) is 0 Å². The van der Waals surface area contributed by atoms with Gasteiger partial charge in [-0.3, -0.25) is 24.1 Å². The molecule has 1 aliphatic rings. The predicted octanol–water partition coefficient (Wildman–Crippen LogP) is 9.84. The highest BCUT2D eigenvalue weighted by Crippen LogP contribution is 2.25. The number of aryl methyl sites for hydroxylation is 5. The Bertz CT molecular complexity index is 2110. The van der Waals surface area contributed by atoms with Gasteiger partial charge in [0.2, 0.25) is 5.69 Å². The lowest BCUT2D eigenvalue weighted by Gasteiger charge is -2.03. The van der Waals surface area contributed by atoms with E-state index in [0.717, 1.165) is 56.1 Å². The summed E-state index contributed by atoms with van der Waals surface area (Å²) in [6.45, 7) is 17.4. The van der Waals surface area contributed by atoms with Crippen molar-refractivity contribution in [2.75, 3.05) is 6.54 Å². The number of Topliss-reactive ketones (excluding diaryl/α,β-unsaturated/α-hetero) is 3. The molecule has 0 aliphatic carbocycles. The van der Waals surface area contributed by atoms with Gasteiger partial charge in [0, 0.05) is 43.2 Å². The quantitative estimate of drug-likeness (QED) is 0.140. The van der Waals surface area contributed by atoms with Gasteiger partial charge in [-0.2, -0.15) is 10.2 Å². The maximum absolute atomic E-state index is 11.5. The number of ketones is 3. The molecule has 0 saturated heterocycles. The fraction of sp³-hybridized carbons (Fsp3) is 0.333. The fourth-order valence-electron chi connectivity index (χ4n) is 6.18. The van der Waals surface area contributed by atoms with Gasteiger partial charge in [-0.15, -0.1) is 4.68 Å². The summed E-state index contributed by atoms with van der Waals surface area (Å²) in [6.07, 6.45) is 0. The third kappa shape index (κ3) is 10.5. The molecule has 8 nitrogen and oxygen atoms in total. The molecule has 0 radical (unpaired) electrons. The lowest BCUT2D eigenvalue weighted by molar-refractivity contribution is -0.716. The number of aromatic amines is 1. The average Bonchev–Trinajstić information content (AvgIpc) is 3.70.